The molecular formula is C11H19NO2. The molecule has 0 spiro atoms. The monoisotopic (exact) mass is 197 g/mol. The van der Waals surface area contributed by atoms with E-state index in [1.807, 2.05) is 6.92 Å². The van der Waals surface area contributed by atoms with Crippen LogP contribution >= 0.6 is 0 Å². The van der Waals surface area contributed by atoms with Crippen LogP contribution in [0.25, 0.3) is 0 Å². The second-order valence-electron chi connectivity index (χ2n) is 3.71. The van der Waals surface area contributed by atoms with E-state index in [-0.39, 0.29) is 5.91 Å². The Balaban J connectivity index is 2.04. The van der Waals surface area contributed by atoms with Crippen molar-refractivity contribution in [2.24, 2.45) is 5.92 Å². The van der Waals surface area contributed by atoms with Gasteiger partial charge in [-0.05, 0) is 25.7 Å². The molecule has 1 N–H and O–H groups in total. The number of carbonyl (C=O) groups is 1. The number of hydrogen-bond acceptors (Lipinski definition) is 2. The van der Waals surface area contributed by atoms with Gasteiger partial charge in [-0.1, -0.05) is 6.08 Å². The Bertz CT molecular complexity index is 197. The summed E-state index contributed by atoms with van der Waals surface area (Å²) in [7, 11) is 0. The summed E-state index contributed by atoms with van der Waals surface area (Å²) in [5.41, 5.74) is 0. The average molecular weight is 197 g/mol. The van der Waals surface area contributed by atoms with Crippen LogP contribution in [0.15, 0.2) is 12.7 Å². The minimum absolute atomic E-state index is 0.129. The average Bonchev–Trinajstić information content (AvgIpc) is 2.11. The third-order valence-corrected chi connectivity index (χ3v) is 2.51. The number of carbonyl (C=O) groups excluding carboxylic acids is 1. The van der Waals surface area contributed by atoms with Crippen molar-refractivity contribution in [1.29, 1.82) is 0 Å². The Morgan fingerprint density at radius 2 is 2.36 bits per heavy atom. The number of amides is 1. The molecule has 1 amide bonds. The van der Waals surface area contributed by atoms with Gasteiger partial charge in [-0.15, -0.1) is 6.58 Å². The van der Waals surface area contributed by atoms with Gasteiger partial charge in [0.25, 0.3) is 0 Å². The Morgan fingerprint density at radius 3 is 2.93 bits per heavy atom. The van der Waals surface area contributed by atoms with Gasteiger partial charge >= 0.3 is 0 Å². The summed E-state index contributed by atoms with van der Waals surface area (Å²) in [5.74, 6) is 0.654. The first-order chi connectivity index (χ1) is 6.76. The van der Waals surface area contributed by atoms with Crippen LogP contribution in [0.5, 0.6) is 0 Å². The van der Waals surface area contributed by atoms with E-state index in [4.69, 9.17) is 4.74 Å². The largest absolute Gasteiger partial charge is 0.378 e. The lowest BCUT2D eigenvalue weighted by atomic mass is 9.80. The molecule has 0 aromatic rings. The van der Waals surface area contributed by atoms with E-state index in [9.17, 15) is 4.79 Å². The molecule has 3 heteroatoms. The second kappa shape index (κ2) is 5.81. The van der Waals surface area contributed by atoms with E-state index in [1.165, 1.54) is 0 Å². The standard InChI is InChI=1S/C11H19NO2/c1-3-5-12-11(13)8-9-6-10(7-9)14-4-2/h3,9-10H,1,4-8H2,2H3,(H,12,13). The molecule has 1 fully saturated rings. The van der Waals surface area contributed by atoms with Gasteiger partial charge in [0.05, 0.1) is 6.10 Å². The fourth-order valence-corrected chi connectivity index (χ4v) is 1.73. The third kappa shape index (κ3) is 3.50. The minimum Gasteiger partial charge on any atom is -0.378 e. The van der Waals surface area contributed by atoms with E-state index in [0.717, 1.165) is 19.4 Å². The van der Waals surface area contributed by atoms with Gasteiger partial charge in [0.15, 0.2) is 0 Å². The first-order valence-corrected chi connectivity index (χ1v) is 5.25. The van der Waals surface area contributed by atoms with Crippen LogP contribution in [0.1, 0.15) is 26.2 Å². The predicted octanol–water partition coefficient (Wildman–Crippen LogP) is 1.49. The molecule has 1 rings (SSSR count). The van der Waals surface area contributed by atoms with Crippen molar-refractivity contribution in [2.45, 2.75) is 32.3 Å². The molecule has 1 aliphatic carbocycles. The molecule has 1 saturated carbocycles. The normalized spacial score (nSPS) is 25.2. The quantitative estimate of drug-likeness (QED) is 0.655. The maximum atomic E-state index is 11.3. The number of rotatable bonds is 6. The Hall–Kier alpha value is -0.830. The third-order valence-electron chi connectivity index (χ3n) is 2.51. The number of ether oxygens (including phenoxy) is 1. The molecule has 0 radical (unpaired) electrons. The van der Waals surface area contributed by atoms with Crippen LogP contribution in [0, 0.1) is 5.92 Å². The maximum absolute atomic E-state index is 11.3. The molecule has 0 saturated heterocycles. The van der Waals surface area contributed by atoms with Crippen molar-refractivity contribution in [1.82, 2.24) is 5.32 Å². The van der Waals surface area contributed by atoms with Crippen LogP contribution in [0.2, 0.25) is 0 Å². The molecule has 0 aromatic heterocycles. The van der Waals surface area contributed by atoms with Crippen molar-refractivity contribution in [3.63, 3.8) is 0 Å². The van der Waals surface area contributed by atoms with Gasteiger partial charge in [-0.25, -0.2) is 0 Å². The highest BCUT2D eigenvalue weighted by molar-refractivity contribution is 5.76. The molecule has 0 bridgehead atoms. The highest BCUT2D eigenvalue weighted by Crippen LogP contribution is 2.32. The number of hydrogen-bond donors (Lipinski definition) is 1. The summed E-state index contributed by atoms with van der Waals surface area (Å²) in [6.07, 6.45) is 4.81. The summed E-state index contributed by atoms with van der Waals surface area (Å²) < 4.78 is 5.42. The van der Waals surface area contributed by atoms with Gasteiger partial charge in [0, 0.05) is 19.6 Å². The maximum Gasteiger partial charge on any atom is 0.220 e. The molecule has 0 aromatic carbocycles. The highest BCUT2D eigenvalue weighted by atomic mass is 16.5. The van der Waals surface area contributed by atoms with Gasteiger partial charge in [-0.3, -0.25) is 4.79 Å². The van der Waals surface area contributed by atoms with E-state index < -0.39 is 0 Å². The van der Waals surface area contributed by atoms with Gasteiger partial charge in [0.2, 0.25) is 5.91 Å². The van der Waals surface area contributed by atoms with Crippen LogP contribution < -0.4 is 5.32 Å². The number of nitrogens with one attached hydrogen (secondary N) is 1. The van der Waals surface area contributed by atoms with Gasteiger partial charge in [-0.2, -0.15) is 0 Å². The lowest BCUT2D eigenvalue weighted by Crippen LogP contribution is -2.35. The van der Waals surface area contributed by atoms with E-state index >= 15 is 0 Å². The van der Waals surface area contributed by atoms with Gasteiger partial charge < -0.3 is 10.1 Å². The van der Waals surface area contributed by atoms with Crippen molar-refractivity contribution < 1.29 is 9.53 Å². The van der Waals surface area contributed by atoms with E-state index in [0.29, 0.717) is 25.0 Å². The fraction of sp³-hybridized carbons (Fsp3) is 0.727. The lowest BCUT2D eigenvalue weighted by Gasteiger charge is -2.34. The molecule has 14 heavy (non-hydrogen) atoms. The minimum atomic E-state index is 0.129. The summed E-state index contributed by atoms with van der Waals surface area (Å²) in [6.45, 7) is 6.90. The molecule has 1 aliphatic rings. The molecule has 0 heterocycles. The lowest BCUT2D eigenvalue weighted by molar-refractivity contribution is -0.124. The van der Waals surface area contributed by atoms with Crippen LogP contribution in [-0.2, 0) is 9.53 Å². The topological polar surface area (TPSA) is 38.3 Å². The van der Waals surface area contributed by atoms with Crippen LogP contribution in [0.3, 0.4) is 0 Å². The van der Waals surface area contributed by atoms with Crippen molar-refractivity contribution in [3.05, 3.63) is 12.7 Å². The van der Waals surface area contributed by atoms with Crippen molar-refractivity contribution >= 4 is 5.91 Å². The summed E-state index contributed by atoms with van der Waals surface area (Å²) in [4.78, 5) is 11.3. The Labute approximate surface area is 85.5 Å². The van der Waals surface area contributed by atoms with Crippen molar-refractivity contribution in [2.75, 3.05) is 13.2 Å². The SMILES string of the molecule is C=CCNC(=O)CC1CC(OCC)C1. The summed E-state index contributed by atoms with van der Waals surface area (Å²) in [6, 6.07) is 0. The zero-order valence-corrected chi connectivity index (χ0v) is 8.79. The van der Waals surface area contributed by atoms with E-state index in [1.54, 1.807) is 6.08 Å². The summed E-state index contributed by atoms with van der Waals surface area (Å²) >= 11 is 0. The molecule has 0 atom stereocenters. The molecule has 0 aliphatic heterocycles. The fourth-order valence-electron chi connectivity index (χ4n) is 1.73. The van der Waals surface area contributed by atoms with Crippen LogP contribution in [-0.4, -0.2) is 25.2 Å². The molecule has 3 nitrogen and oxygen atoms in total. The first-order valence-electron chi connectivity index (χ1n) is 5.25. The van der Waals surface area contributed by atoms with Crippen LogP contribution in [0.4, 0.5) is 0 Å². The zero-order chi connectivity index (χ0) is 10.4. The van der Waals surface area contributed by atoms with Crippen molar-refractivity contribution in [3.8, 4) is 0 Å². The Morgan fingerprint density at radius 1 is 1.64 bits per heavy atom. The van der Waals surface area contributed by atoms with E-state index in [2.05, 4.69) is 11.9 Å². The second-order valence-corrected chi connectivity index (χ2v) is 3.71. The highest BCUT2D eigenvalue weighted by Gasteiger charge is 2.30. The smallest absolute Gasteiger partial charge is 0.220 e. The molecule has 80 valence electrons. The predicted molar refractivity (Wildman–Crippen MR) is 56.0 cm³/mol. The molecular weight excluding hydrogens is 178 g/mol. The zero-order valence-electron chi connectivity index (χ0n) is 8.79. The molecule has 0 unspecified atom stereocenters. The Kier molecular flexibility index (Phi) is 4.66. The summed E-state index contributed by atoms with van der Waals surface area (Å²) in [5, 5.41) is 2.78. The first kappa shape index (κ1) is 11.2. The van der Waals surface area contributed by atoms with Gasteiger partial charge in [0.1, 0.15) is 0 Å².